The number of aliphatic hydroxyl groups excluding tert-OH is 1. The van der Waals surface area contributed by atoms with Gasteiger partial charge in [-0.2, -0.15) is 13.6 Å². The zero-order valence-electron chi connectivity index (χ0n) is 15.6. The van der Waals surface area contributed by atoms with E-state index in [2.05, 4.69) is 24.0 Å². The molecule has 1 saturated heterocycles. The number of hydrogen-bond acceptors (Lipinski definition) is 11. The second kappa shape index (κ2) is 9.40. The van der Waals surface area contributed by atoms with Crippen molar-refractivity contribution in [2.75, 3.05) is 19.0 Å². The second-order valence-electron chi connectivity index (χ2n) is 6.25. The number of nitrogen functional groups attached to an aromatic ring is 1. The molecule has 1 fully saturated rings. The average Bonchev–Trinajstić information content (AvgIpc) is 2.89. The van der Waals surface area contributed by atoms with Crippen LogP contribution in [0.3, 0.4) is 0 Å². The van der Waals surface area contributed by atoms with Crippen LogP contribution in [0.15, 0.2) is 17.1 Å². The minimum atomic E-state index is -5.83. The van der Waals surface area contributed by atoms with E-state index >= 15 is 0 Å². The van der Waals surface area contributed by atoms with E-state index in [0.29, 0.717) is 0 Å². The van der Waals surface area contributed by atoms with Crippen LogP contribution >= 0.6 is 23.5 Å². The number of aliphatic hydroxyl groups is 1. The lowest BCUT2D eigenvalue weighted by molar-refractivity contribution is -0.135. The summed E-state index contributed by atoms with van der Waals surface area (Å²) in [4.78, 5) is 51.2. The summed E-state index contributed by atoms with van der Waals surface area (Å²) in [5.41, 5.74) is 1.91. The Morgan fingerprint density at radius 1 is 1.28 bits per heavy atom. The maximum Gasteiger partial charge on any atom is 0.490 e. The van der Waals surface area contributed by atoms with E-state index in [0.717, 1.165) is 10.8 Å². The molecule has 32 heavy (non-hydrogen) atoms. The van der Waals surface area contributed by atoms with Crippen molar-refractivity contribution in [3.8, 4) is 12.3 Å². The number of aromatic nitrogens is 2. The zero-order valence-corrected chi connectivity index (χ0v) is 18.3. The Morgan fingerprint density at radius 3 is 2.41 bits per heavy atom. The lowest BCUT2D eigenvalue weighted by Crippen LogP contribution is -2.47. The van der Waals surface area contributed by atoms with Crippen LogP contribution < -0.4 is 11.4 Å². The molecule has 6 atom stereocenters. The largest absolute Gasteiger partial charge is 0.490 e. The van der Waals surface area contributed by atoms with Crippen molar-refractivity contribution in [1.82, 2.24) is 9.55 Å². The molecule has 2 heterocycles. The normalized spacial score (nSPS) is 29.7. The van der Waals surface area contributed by atoms with Crippen LogP contribution in [0.4, 0.5) is 10.2 Å². The molecule has 0 bridgehead atoms. The second-order valence-corrected chi connectivity index (χ2v) is 10.7. The Kier molecular flexibility index (Phi) is 7.85. The van der Waals surface area contributed by atoms with Crippen molar-refractivity contribution in [3.63, 3.8) is 0 Å². The number of anilines is 1. The van der Waals surface area contributed by atoms with E-state index in [1.807, 2.05) is 0 Å². The topological polar surface area (TPSA) is 250 Å². The highest BCUT2D eigenvalue weighted by Gasteiger charge is 2.57. The number of hydrogen-bond donors (Lipinski definition) is 6. The average molecular weight is 523 g/mol. The van der Waals surface area contributed by atoms with Gasteiger partial charge in [-0.3, -0.25) is 9.09 Å². The van der Waals surface area contributed by atoms with Crippen LogP contribution in [-0.2, 0) is 31.6 Å². The highest BCUT2D eigenvalue weighted by Crippen LogP contribution is 2.66. The van der Waals surface area contributed by atoms with Crippen LogP contribution in [0, 0.1) is 18.3 Å². The van der Waals surface area contributed by atoms with E-state index in [-0.39, 0.29) is 5.82 Å². The van der Waals surface area contributed by atoms with Gasteiger partial charge < -0.3 is 35.2 Å². The van der Waals surface area contributed by atoms with Gasteiger partial charge in [0, 0.05) is 6.20 Å². The molecule has 1 aromatic rings. The summed E-state index contributed by atoms with van der Waals surface area (Å²) < 4.78 is 65.3. The number of halogens is 1. The molecular weight excluding hydrogens is 506 g/mol. The van der Waals surface area contributed by atoms with Gasteiger partial charge in [0.05, 0.1) is 12.5 Å². The molecule has 0 radical (unpaired) electrons. The van der Waals surface area contributed by atoms with Crippen LogP contribution in [0.1, 0.15) is 6.23 Å². The van der Waals surface area contributed by atoms with Crippen LogP contribution in [0.2, 0.25) is 0 Å². The third kappa shape index (κ3) is 6.30. The first-order valence-corrected chi connectivity index (χ1v) is 12.6. The molecule has 0 spiro atoms. The molecular formula is C12H17FN3O13P3. The Morgan fingerprint density at radius 2 is 1.91 bits per heavy atom. The molecule has 0 aromatic carbocycles. The fraction of sp³-hybridized carbons (Fsp3) is 0.500. The lowest BCUT2D eigenvalue weighted by Gasteiger charge is -2.29. The van der Waals surface area contributed by atoms with Crippen molar-refractivity contribution in [3.05, 3.63) is 22.7 Å². The number of ether oxygens (including phenoxy) is 1. The Labute approximate surface area is 178 Å². The van der Waals surface area contributed by atoms with Crippen LogP contribution in [-0.4, -0.2) is 59.2 Å². The number of phosphoric ester groups is 1. The van der Waals surface area contributed by atoms with Gasteiger partial charge in [0.2, 0.25) is 0 Å². The molecule has 16 nitrogen and oxygen atoms in total. The van der Waals surface area contributed by atoms with E-state index in [1.54, 1.807) is 0 Å². The first-order valence-electron chi connectivity index (χ1n) is 8.06. The number of rotatable bonds is 9. The molecule has 180 valence electrons. The van der Waals surface area contributed by atoms with Gasteiger partial charge in [-0.15, -0.1) is 6.42 Å². The number of nitrogens with two attached hydrogens (primary N) is 1. The number of terminal acetylenes is 1. The van der Waals surface area contributed by atoms with Gasteiger partial charge in [0.25, 0.3) is 0 Å². The predicted octanol–water partition coefficient (Wildman–Crippen LogP) is -0.984. The van der Waals surface area contributed by atoms with Crippen molar-refractivity contribution in [2.45, 2.75) is 17.9 Å². The number of nitrogens with zero attached hydrogens (tertiary/aromatic N) is 2. The molecule has 2 rings (SSSR count). The number of phosphoric acid groups is 3. The van der Waals surface area contributed by atoms with E-state index in [1.165, 1.54) is 6.07 Å². The summed E-state index contributed by atoms with van der Waals surface area (Å²) in [7, 11) is -17.1. The quantitative estimate of drug-likeness (QED) is 0.168. The van der Waals surface area contributed by atoms with Crippen molar-refractivity contribution in [2.24, 2.45) is 5.92 Å². The summed E-state index contributed by atoms with van der Waals surface area (Å²) >= 11 is 0. The number of alkyl halides is 1. The first-order chi connectivity index (χ1) is 14.5. The Balaban J connectivity index is 2.26. The predicted molar refractivity (Wildman–Crippen MR) is 99.9 cm³/mol. The fourth-order valence-electron chi connectivity index (χ4n) is 2.65. The minimum Gasteiger partial charge on any atom is -0.388 e. The van der Waals surface area contributed by atoms with Crippen LogP contribution in [0.25, 0.3) is 0 Å². The third-order valence-corrected chi connectivity index (χ3v) is 7.76. The fourth-order valence-corrected chi connectivity index (χ4v) is 5.73. The lowest BCUT2D eigenvalue weighted by atomic mass is 9.91. The summed E-state index contributed by atoms with van der Waals surface area (Å²) in [6, 6.07) is 1.17. The molecule has 2 unspecified atom stereocenters. The van der Waals surface area contributed by atoms with E-state index in [9.17, 15) is 32.9 Å². The van der Waals surface area contributed by atoms with Crippen LogP contribution in [0.5, 0.6) is 0 Å². The van der Waals surface area contributed by atoms with Crippen molar-refractivity contribution >= 4 is 29.3 Å². The standard InChI is InChI=1S/C12H17FN3O13P3/c1-2-7-9(17)12(5-13,27-10(7)16-4-3-8(14)15-11(16)18)6-26-31(22,23)29-32(24,25)28-30(19,20)21/h1,3-4,7,9-10,17H,5-6H2,(H,22,23)(H,24,25)(H2,14,15,18)(H2,19,20,21)/t7-,9-,10+,12+/m0/s1. The highest BCUT2D eigenvalue weighted by atomic mass is 31.3. The van der Waals surface area contributed by atoms with Gasteiger partial charge in [0.15, 0.2) is 6.23 Å². The molecule has 7 N–H and O–H groups in total. The highest BCUT2D eigenvalue weighted by molar-refractivity contribution is 7.66. The van der Waals surface area contributed by atoms with Gasteiger partial charge in [-0.25, -0.2) is 22.9 Å². The molecule has 0 amide bonds. The monoisotopic (exact) mass is 523 g/mol. The van der Waals surface area contributed by atoms with Gasteiger partial charge in [0.1, 0.15) is 24.2 Å². The molecule has 0 saturated carbocycles. The maximum atomic E-state index is 13.9. The molecule has 1 aromatic heterocycles. The summed E-state index contributed by atoms with van der Waals surface area (Å²) in [5, 5.41) is 10.5. The summed E-state index contributed by atoms with van der Waals surface area (Å²) in [5.74, 6) is 0.519. The summed E-state index contributed by atoms with van der Waals surface area (Å²) in [6.07, 6.45) is 2.94. The smallest absolute Gasteiger partial charge is 0.388 e. The van der Waals surface area contributed by atoms with E-state index < -0.39 is 66.3 Å². The van der Waals surface area contributed by atoms with Crippen molar-refractivity contribution in [1.29, 1.82) is 0 Å². The van der Waals surface area contributed by atoms with Gasteiger partial charge in [-0.05, 0) is 6.07 Å². The minimum absolute atomic E-state index is 0.161. The maximum absolute atomic E-state index is 13.9. The van der Waals surface area contributed by atoms with Gasteiger partial charge >= 0.3 is 29.2 Å². The molecule has 1 aliphatic rings. The Bertz CT molecular complexity index is 1100. The summed E-state index contributed by atoms with van der Waals surface area (Å²) in [6.45, 7) is -2.93. The van der Waals surface area contributed by atoms with Crippen molar-refractivity contribution < 1.29 is 60.6 Å². The molecule has 1 aliphatic heterocycles. The Hall–Kier alpha value is -1.50. The third-order valence-electron chi connectivity index (χ3n) is 3.97. The molecule has 20 heteroatoms. The first kappa shape index (κ1) is 26.7. The zero-order chi connectivity index (χ0) is 24.5. The molecule has 0 aliphatic carbocycles. The van der Waals surface area contributed by atoms with E-state index in [4.69, 9.17) is 31.6 Å². The SMILES string of the molecule is C#C[C@@H]1[C@H](n2ccc(N)nc2=O)O[C@](CF)(COP(=O)(O)OP(=O)(O)OP(=O)(O)O)[C@H]1O. The van der Waals surface area contributed by atoms with Gasteiger partial charge in [-0.1, -0.05) is 5.92 Å².